The highest BCUT2D eigenvalue weighted by atomic mass is 16.5. The number of hydrogen-bond acceptors (Lipinski definition) is 4. The third kappa shape index (κ3) is 2.68. The van der Waals surface area contributed by atoms with E-state index in [-0.39, 0.29) is 22.8 Å². The van der Waals surface area contributed by atoms with Crippen LogP contribution in [-0.4, -0.2) is 49.1 Å². The molecule has 1 heterocycles. The minimum absolute atomic E-state index is 0.0380. The van der Waals surface area contributed by atoms with Crippen LogP contribution in [0.2, 0.25) is 0 Å². The second-order valence-corrected chi connectivity index (χ2v) is 6.99. The Labute approximate surface area is 126 Å². The monoisotopic (exact) mass is 294 g/mol. The van der Waals surface area contributed by atoms with Gasteiger partial charge in [0.1, 0.15) is 0 Å². The summed E-state index contributed by atoms with van der Waals surface area (Å²) < 4.78 is 4.99. The minimum Gasteiger partial charge on any atom is -0.469 e. The van der Waals surface area contributed by atoms with E-state index in [1.807, 2.05) is 4.90 Å². The van der Waals surface area contributed by atoms with E-state index in [1.165, 1.54) is 7.11 Å². The molecule has 1 saturated heterocycles. The van der Waals surface area contributed by atoms with Crippen molar-refractivity contribution >= 4 is 11.9 Å². The highest BCUT2D eigenvalue weighted by Crippen LogP contribution is 2.52. The van der Waals surface area contributed by atoms with Crippen molar-refractivity contribution in [3.63, 3.8) is 0 Å². The minimum atomic E-state index is -0.239. The molecule has 5 heteroatoms. The summed E-state index contributed by atoms with van der Waals surface area (Å²) in [6, 6.07) is 0. The van der Waals surface area contributed by atoms with Crippen molar-refractivity contribution in [1.29, 1.82) is 0 Å². The number of nitrogens with zero attached hydrogens (tertiary/aromatic N) is 1. The Morgan fingerprint density at radius 1 is 1.05 bits per heavy atom. The van der Waals surface area contributed by atoms with Gasteiger partial charge in [-0.3, -0.25) is 9.59 Å². The normalized spacial score (nSPS) is 35.0. The maximum Gasteiger partial charge on any atom is 0.311 e. The largest absolute Gasteiger partial charge is 0.469 e. The molecule has 3 saturated carbocycles. The molecule has 0 spiro atoms. The van der Waals surface area contributed by atoms with Crippen molar-refractivity contribution in [1.82, 2.24) is 10.2 Å². The topological polar surface area (TPSA) is 58.6 Å². The first-order valence-electron chi connectivity index (χ1n) is 8.21. The second kappa shape index (κ2) is 5.59. The number of likely N-dealkylation sites (tertiary alicyclic amines) is 1. The molecule has 1 amide bonds. The molecular weight excluding hydrogens is 268 g/mol. The molecule has 2 bridgehead atoms. The number of carbonyl (C=O) groups is 2. The van der Waals surface area contributed by atoms with Crippen LogP contribution in [0.25, 0.3) is 0 Å². The van der Waals surface area contributed by atoms with Gasteiger partial charge in [0.25, 0.3) is 0 Å². The molecule has 4 rings (SSSR count). The molecule has 0 aromatic rings. The van der Waals surface area contributed by atoms with Crippen LogP contribution in [0.5, 0.6) is 0 Å². The van der Waals surface area contributed by atoms with E-state index in [9.17, 15) is 9.59 Å². The third-order valence-electron chi connectivity index (χ3n) is 5.94. The summed E-state index contributed by atoms with van der Waals surface area (Å²) in [6.07, 6.45) is 7.90. The Kier molecular flexibility index (Phi) is 3.95. The number of amides is 1. The quantitative estimate of drug-likeness (QED) is 0.798. The summed E-state index contributed by atoms with van der Waals surface area (Å²) in [4.78, 5) is 26.1. The van der Waals surface area contributed by atoms with E-state index in [0.29, 0.717) is 6.54 Å². The maximum absolute atomic E-state index is 12.2. The van der Waals surface area contributed by atoms with Gasteiger partial charge in [0.05, 0.1) is 19.1 Å². The zero-order chi connectivity index (χ0) is 14.9. The summed E-state index contributed by atoms with van der Waals surface area (Å²) in [5, 5.41) is 3.53. The molecule has 3 aliphatic carbocycles. The van der Waals surface area contributed by atoms with E-state index in [4.69, 9.17) is 4.74 Å². The summed E-state index contributed by atoms with van der Waals surface area (Å²) in [6.45, 7) is 2.28. The highest BCUT2D eigenvalue weighted by molar-refractivity contribution is 5.79. The van der Waals surface area contributed by atoms with E-state index in [0.717, 1.165) is 64.5 Å². The van der Waals surface area contributed by atoms with Crippen molar-refractivity contribution in [2.24, 2.45) is 5.41 Å². The first-order valence-corrected chi connectivity index (χ1v) is 8.21. The number of nitrogens with one attached hydrogen (secondary N) is 1. The van der Waals surface area contributed by atoms with E-state index in [1.54, 1.807) is 0 Å². The fourth-order valence-corrected chi connectivity index (χ4v) is 4.31. The van der Waals surface area contributed by atoms with Gasteiger partial charge in [-0.2, -0.15) is 0 Å². The Bertz CT molecular complexity index is 405. The van der Waals surface area contributed by atoms with Gasteiger partial charge in [-0.25, -0.2) is 0 Å². The Morgan fingerprint density at radius 2 is 1.62 bits per heavy atom. The number of hydrogen-bond donors (Lipinski definition) is 1. The predicted octanol–water partition coefficient (Wildman–Crippen LogP) is 1.46. The number of ether oxygens (including phenoxy) is 1. The molecule has 0 aromatic carbocycles. The van der Waals surface area contributed by atoms with Crippen LogP contribution in [0, 0.1) is 5.41 Å². The molecule has 0 atom stereocenters. The Morgan fingerprint density at radius 3 is 2.14 bits per heavy atom. The van der Waals surface area contributed by atoms with Gasteiger partial charge >= 0.3 is 5.97 Å². The molecule has 118 valence electrons. The van der Waals surface area contributed by atoms with Crippen LogP contribution in [0.15, 0.2) is 0 Å². The van der Waals surface area contributed by atoms with Crippen LogP contribution in [0.1, 0.15) is 51.4 Å². The van der Waals surface area contributed by atoms with E-state index in [2.05, 4.69) is 5.32 Å². The lowest BCUT2D eigenvalue weighted by molar-refractivity contribution is -0.160. The average molecular weight is 294 g/mol. The first-order chi connectivity index (χ1) is 10.1. The molecule has 0 unspecified atom stereocenters. The Balaban J connectivity index is 1.54. The third-order valence-corrected chi connectivity index (χ3v) is 5.94. The Hall–Kier alpha value is -1.10. The molecule has 4 aliphatic rings. The van der Waals surface area contributed by atoms with E-state index < -0.39 is 0 Å². The predicted molar refractivity (Wildman–Crippen MR) is 78.7 cm³/mol. The van der Waals surface area contributed by atoms with Crippen molar-refractivity contribution in [2.45, 2.75) is 56.9 Å². The van der Waals surface area contributed by atoms with Gasteiger partial charge in [0, 0.05) is 18.6 Å². The highest BCUT2D eigenvalue weighted by Gasteiger charge is 2.53. The van der Waals surface area contributed by atoms with Crippen LogP contribution in [-0.2, 0) is 14.3 Å². The molecular formula is C16H26N2O3. The lowest BCUT2D eigenvalue weighted by Gasteiger charge is -2.52. The second-order valence-electron chi connectivity index (χ2n) is 6.99. The van der Waals surface area contributed by atoms with Gasteiger partial charge in [0.2, 0.25) is 5.91 Å². The number of fused-ring (bicyclic) bond motifs is 3. The fourth-order valence-electron chi connectivity index (χ4n) is 4.31. The molecule has 0 radical (unpaired) electrons. The van der Waals surface area contributed by atoms with Crippen LogP contribution in [0.4, 0.5) is 0 Å². The number of esters is 1. The SMILES string of the molecule is COC(=O)C12CCC(NCC(=O)N3CCCC3)(CC1)CC2. The maximum atomic E-state index is 12.2. The van der Waals surface area contributed by atoms with Gasteiger partial charge < -0.3 is 15.0 Å². The molecule has 21 heavy (non-hydrogen) atoms. The smallest absolute Gasteiger partial charge is 0.311 e. The van der Waals surface area contributed by atoms with Crippen molar-refractivity contribution in [3.8, 4) is 0 Å². The lowest BCUT2D eigenvalue weighted by atomic mass is 9.57. The average Bonchev–Trinajstić information content (AvgIpc) is 3.08. The molecule has 1 N–H and O–H groups in total. The van der Waals surface area contributed by atoms with Crippen molar-refractivity contribution in [3.05, 3.63) is 0 Å². The zero-order valence-electron chi connectivity index (χ0n) is 13.0. The standard InChI is InChI=1S/C16H26N2O3/c1-21-14(20)15-4-7-16(8-5-15,9-6-15)17-12-13(19)18-10-2-3-11-18/h17H,2-12H2,1H3. The first kappa shape index (κ1) is 14.8. The van der Waals surface area contributed by atoms with Crippen LogP contribution in [0.3, 0.4) is 0 Å². The number of rotatable bonds is 4. The van der Waals surface area contributed by atoms with Gasteiger partial charge in [0.15, 0.2) is 0 Å². The molecule has 0 aromatic heterocycles. The van der Waals surface area contributed by atoms with Gasteiger partial charge in [-0.05, 0) is 51.4 Å². The van der Waals surface area contributed by atoms with Crippen LogP contribution >= 0.6 is 0 Å². The zero-order valence-corrected chi connectivity index (χ0v) is 13.0. The summed E-state index contributed by atoms with van der Waals surface area (Å²) >= 11 is 0. The lowest BCUT2D eigenvalue weighted by Crippen LogP contribution is -2.58. The summed E-state index contributed by atoms with van der Waals surface area (Å²) in [5.74, 6) is 0.196. The molecule has 1 aliphatic heterocycles. The van der Waals surface area contributed by atoms with Crippen molar-refractivity contribution < 1.29 is 14.3 Å². The number of methoxy groups -OCH3 is 1. The fraction of sp³-hybridized carbons (Fsp3) is 0.875. The van der Waals surface area contributed by atoms with Crippen LogP contribution < -0.4 is 5.32 Å². The van der Waals surface area contributed by atoms with Crippen molar-refractivity contribution in [2.75, 3.05) is 26.7 Å². The molecule has 4 fully saturated rings. The summed E-state index contributed by atoms with van der Waals surface area (Å²) in [7, 11) is 1.49. The van der Waals surface area contributed by atoms with Gasteiger partial charge in [-0.15, -0.1) is 0 Å². The summed E-state index contributed by atoms with van der Waals surface area (Å²) in [5.41, 5.74) is -0.164. The molecule has 5 nitrogen and oxygen atoms in total. The number of carbonyl (C=O) groups excluding carboxylic acids is 2. The van der Waals surface area contributed by atoms with Gasteiger partial charge in [-0.1, -0.05) is 0 Å². The van der Waals surface area contributed by atoms with E-state index >= 15 is 0 Å².